The van der Waals surface area contributed by atoms with E-state index in [1.54, 1.807) is 6.92 Å². The maximum atomic E-state index is 11.6. The molecule has 0 amide bonds. The summed E-state index contributed by atoms with van der Waals surface area (Å²) >= 11 is 3.47. The number of hydrogen-bond donors (Lipinski definition) is 1. The maximum absolute atomic E-state index is 11.6. The zero-order chi connectivity index (χ0) is 13.4. The van der Waals surface area contributed by atoms with Crippen LogP contribution in [0.15, 0.2) is 27.3 Å². The van der Waals surface area contributed by atoms with Crippen LogP contribution in [-0.2, 0) is 16.0 Å². The first-order valence-electron chi connectivity index (χ1n) is 5.90. The van der Waals surface area contributed by atoms with Crippen LogP contribution in [0.3, 0.4) is 0 Å². The normalized spacial score (nSPS) is 11.3. The van der Waals surface area contributed by atoms with E-state index in [-0.39, 0.29) is 12.4 Å². The summed E-state index contributed by atoms with van der Waals surface area (Å²) in [4.78, 5) is 14.7. The monoisotopic (exact) mass is 322 g/mol. The number of fused-ring (bicyclic) bond motifs is 3. The molecule has 0 radical (unpaired) electrons. The van der Waals surface area contributed by atoms with E-state index in [0.29, 0.717) is 17.9 Å². The summed E-state index contributed by atoms with van der Waals surface area (Å²) < 4.78 is 11.1. The highest BCUT2D eigenvalue weighted by molar-refractivity contribution is 9.10. The Hall–Kier alpha value is -1.82. The maximum Gasteiger partial charge on any atom is 0.312 e. The quantitative estimate of drug-likeness (QED) is 0.752. The van der Waals surface area contributed by atoms with E-state index in [2.05, 4.69) is 26.1 Å². The number of hydrogen-bond acceptors (Lipinski definition) is 4. The molecular weight excluding hydrogens is 312 g/mol. The molecule has 0 spiro atoms. The first-order chi connectivity index (χ1) is 9.20. The lowest BCUT2D eigenvalue weighted by atomic mass is 10.1. The number of aromatic nitrogens is 2. The Morgan fingerprint density at radius 2 is 2.42 bits per heavy atom. The number of benzene rings is 1. The molecule has 2 aromatic heterocycles. The second-order valence-electron chi connectivity index (χ2n) is 4.11. The molecule has 0 saturated heterocycles. The van der Waals surface area contributed by atoms with Crippen LogP contribution in [0.2, 0.25) is 0 Å². The van der Waals surface area contributed by atoms with E-state index in [0.717, 1.165) is 20.8 Å². The van der Waals surface area contributed by atoms with Gasteiger partial charge in [0.15, 0.2) is 5.58 Å². The predicted octanol–water partition coefficient (Wildman–Crippen LogP) is 3.18. The van der Waals surface area contributed by atoms with Crippen LogP contribution in [0.4, 0.5) is 0 Å². The third-order valence-electron chi connectivity index (χ3n) is 2.92. The van der Waals surface area contributed by atoms with Gasteiger partial charge in [-0.3, -0.25) is 4.79 Å². The minimum atomic E-state index is -0.302. The van der Waals surface area contributed by atoms with Crippen molar-refractivity contribution < 1.29 is 14.1 Å². The lowest BCUT2D eigenvalue weighted by molar-refractivity contribution is -0.142. The standard InChI is InChI=1S/C13H11BrN2O3/c1-2-18-11(17)6-9-12-7-3-4-15-13(7)8(14)5-10(12)19-16-9/h3-5,15H,2,6H2,1H3. The molecule has 2 heterocycles. The summed E-state index contributed by atoms with van der Waals surface area (Å²) in [5, 5.41) is 5.81. The molecule has 0 bridgehead atoms. The van der Waals surface area contributed by atoms with Crippen molar-refractivity contribution in [1.82, 2.24) is 10.1 Å². The number of ether oxygens (including phenoxy) is 1. The zero-order valence-corrected chi connectivity index (χ0v) is 11.8. The van der Waals surface area contributed by atoms with Crippen molar-refractivity contribution >= 4 is 43.8 Å². The largest absolute Gasteiger partial charge is 0.466 e. The van der Waals surface area contributed by atoms with Gasteiger partial charge in [-0.05, 0) is 28.9 Å². The van der Waals surface area contributed by atoms with Gasteiger partial charge in [0, 0.05) is 22.1 Å². The Morgan fingerprint density at radius 1 is 1.58 bits per heavy atom. The van der Waals surface area contributed by atoms with Crippen LogP contribution < -0.4 is 0 Å². The fourth-order valence-corrected chi connectivity index (χ4v) is 2.69. The Morgan fingerprint density at radius 3 is 3.21 bits per heavy atom. The summed E-state index contributed by atoms with van der Waals surface area (Å²) in [6.07, 6.45) is 1.96. The van der Waals surface area contributed by atoms with Crippen molar-refractivity contribution in [1.29, 1.82) is 0 Å². The first-order valence-corrected chi connectivity index (χ1v) is 6.69. The number of nitrogens with zero attached hydrogens (tertiary/aromatic N) is 1. The summed E-state index contributed by atoms with van der Waals surface area (Å²) in [5.41, 5.74) is 2.21. The van der Waals surface area contributed by atoms with Gasteiger partial charge in [-0.1, -0.05) is 5.16 Å². The molecule has 1 aromatic carbocycles. The number of halogens is 1. The van der Waals surface area contributed by atoms with Crippen molar-refractivity contribution in [2.45, 2.75) is 13.3 Å². The van der Waals surface area contributed by atoms with Gasteiger partial charge in [-0.25, -0.2) is 0 Å². The number of aromatic amines is 1. The van der Waals surface area contributed by atoms with Crippen molar-refractivity contribution in [3.63, 3.8) is 0 Å². The molecule has 1 N–H and O–H groups in total. The van der Waals surface area contributed by atoms with Crippen LogP contribution in [0.25, 0.3) is 21.9 Å². The second kappa shape index (κ2) is 4.70. The average Bonchev–Trinajstić information content (AvgIpc) is 2.96. The van der Waals surface area contributed by atoms with E-state index in [1.807, 2.05) is 18.3 Å². The predicted molar refractivity (Wildman–Crippen MR) is 73.9 cm³/mol. The Kier molecular flexibility index (Phi) is 3.02. The Balaban J connectivity index is 2.16. The molecule has 0 aliphatic rings. The van der Waals surface area contributed by atoms with Gasteiger partial charge in [0.2, 0.25) is 0 Å². The van der Waals surface area contributed by atoms with E-state index in [1.165, 1.54) is 0 Å². The molecule has 6 heteroatoms. The lowest BCUT2D eigenvalue weighted by Gasteiger charge is -2.00. The highest BCUT2D eigenvalue weighted by atomic mass is 79.9. The van der Waals surface area contributed by atoms with Crippen molar-refractivity contribution in [3.05, 3.63) is 28.5 Å². The van der Waals surface area contributed by atoms with Crippen molar-refractivity contribution in [2.24, 2.45) is 0 Å². The lowest BCUT2D eigenvalue weighted by Crippen LogP contribution is -2.07. The summed E-state index contributed by atoms with van der Waals surface area (Å²) in [6.45, 7) is 2.14. The second-order valence-corrected chi connectivity index (χ2v) is 4.96. The molecule has 98 valence electrons. The molecule has 0 aliphatic carbocycles. The van der Waals surface area contributed by atoms with E-state index in [9.17, 15) is 4.79 Å². The average molecular weight is 323 g/mol. The van der Waals surface area contributed by atoms with Crippen molar-refractivity contribution in [3.8, 4) is 0 Å². The van der Waals surface area contributed by atoms with Crippen LogP contribution in [0, 0.1) is 0 Å². The van der Waals surface area contributed by atoms with E-state index >= 15 is 0 Å². The number of carbonyl (C=O) groups is 1. The smallest absolute Gasteiger partial charge is 0.312 e. The third kappa shape index (κ3) is 2.02. The third-order valence-corrected chi connectivity index (χ3v) is 3.54. The molecular formula is C13H11BrN2O3. The Bertz CT molecular complexity index is 760. The van der Waals surface area contributed by atoms with Crippen molar-refractivity contribution in [2.75, 3.05) is 6.61 Å². The van der Waals surface area contributed by atoms with Crippen LogP contribution >= 0.6 is 15.9 Å². The van der Waals surface area contributed by atoms with Gasteiger partial charge in [-0.2, -0.15) is 0 Å². The van der Waals surface area contributed by atoms with Crippen LogP contribution in [0.5, 0.6) is 0 Å². The van der Waals surface area contributed by atoms with Crippen LogP contribution in [-0.4, -0.2) is 22.7 Å². The fraction of sp³-hybridized carbons (Fsp3) is 0.231. The number of esters is 1. The van der Waals surface area contributed by atoms with Crippen LogP contribution in [0.1, 0.15) is 12.6 Å². The van der Waals surface area contributed by atoms with Gasteiger partial charge < -0.3 is 14.2 Å². The van der Waals surface area contributed by atoms with Gasteiger partial charge in [-0.15, -0.1) is 0 Å². The zero-order valence-electron chi connectivity index (χ0n) is 10.2. The highest BCUT2D eigenvalue weighted by Crippen LogP contribution is 2.33. The summed E-state index contributed by atoms with van der Waals surface area (Å²) in [5.74, 6) is -0.302. The minimum Gasteiger partial charge on any atom is -0.466 e. The molecule has 0 atom stereocenters. The molecule has 5 nitrogen and oxygen atoms in total. The number of carbonyl (C=O) groups excluding carboxylic acids is 1. The summed E-state index contributed by atoms with van der Waals surface area (Å²) in [6, 6.07) is 3.78. The molecule has 0 aliphatic heterocycles. The molecule has 0 fully saturated rings. The summed E-state index contributed by atoms with van der Waals surface area (Å²) in [7, 11) is 0. The molecule has 3 rings (SSSR count). The van der Waals surface area contributed by atoms with Gasteiger partial charge in [0.05, 0.1) is 23.9 Å². The SMILES string of the molecule is CCOC(=O)Cc1noc2cc(Br)c3[nH]ccc3c12. The number of nitrogens with one attached hydrogen (secondary N) is 1. The van der Waals surface area contributed by atoms with Gasteiger partial charge in [0.1, 0.15) is 5.69 Å². The molecule has 0 saturated carbocycles. The van der Waals surface area contributed by atoms with E-state index < -0.39 is 0 Å². The number of rotatable bonds is 3. The molecule has 19 heavy (non-hydrogen) atoms. The molecule has 0 unspecified atom stereocenters. The fourth-order valence-electron chi connectivity index (χ4n) is 2.16. The highest BCUT2D eigenvalue weighted by Gasteiger charge is 2.17. The van der Waals surface area contributed by atoms with E-state index in [4.69, 9.17) is 9.26 Å². The minimum absolute atomic E-state index is 0.114. The van der Waals surface area contributed by atoms with Gasteiger partial charge in [0.25, 0.3) is 0 Å². The Labute approximate surface area is 117 Å². The number of H-pyrrole nitrogens is 1. The molecule has 3 aromatic rings. The van der Waals surface area contributed by atoms with Gasteiger partial charge >= 0.3 is 5.97 Å². The first kappa shape index (κ1) is 12.2. The topological polar surface area (TPSA) is 68.1 Å².